The van der Waals surface area contributed by atoms with Crippen molar-refractivity contribution in [3.63, 3.8) is 0 Å². The van der Waals surface area contributed by atoms with Crippen LogP contribution in [-0.2, 0) is 11.3 Å². The van der Waals surface area contributed by atoms with Crippen LogP contribution in [0.15, 0.2) is 60.9 Å². The molecule has 0 aliphatic rings. The second-order valence-corrected chi connectivity index (χ2v) is 7.99. The molecule has 0 radical (unpaired) electrons. The molecule has 2 aromatic heterocycles. The number of carbonyl (C=O) groups excluding carboxylic acids is 1. The van der Waals surface area contributed by atoms with Gasteiger partial charge in [0.15, 0.2) is 11.7 Å². The maximum absolute atomic E-state index is 13.1. The minimum atomic E-state index is -0.355. The molecular formula is C23H20FN3O2S. The highest BCUT2D eigenvalue weighted by molar-refractivity contribution is 7.22. The third-order valence-electron chi connectivity index (χ3n) is 4.58. The fourth-order valence-corrected chi connectivity index (χ4v) is 4.20. The number of aromatic nitrogens is 2. The van der Waals surface area contributed by atoms with Crippen LogP contribution in [0.25, 0.3) is 10.2 Å². The molecule has 2 heterocycles. The number of carbonyl (C=O) groups is 1. The summed E-state index contributed by atoms with van der Waals surface area (Å²) in [4.78, 5) is 23.6. The average molecular weight is 421 g/mol. The molecule has 152 valence electrons. The van der Waals surface area contributed by atoms with Crippen molar-refractivity contribution < 1.29 is 13.9 Å². The van der Waals surface area contributed by atoms with Gasteiger partial charge < -0.3 is 4.74 Å². The zero-order valence-electron chi connectivity index (χ0n) is 16.6. The SMILES string of the molecule is Cc1cc(C)c2sc(N(Cc3cccnc3)C(=O)COc3ccc(F)cc3)nc2c1. The molecule has 0 atom stereocenters. The number of thiazole rings is 1. The summed E-state index contributed by atoms with van der Waals surface area (Å²) in [6.45, 7) is 4.22. The number of aryl methyl sites for hydroxylation is 2. The van der Waals surface area contributed by atoms with Gasteiger partial charge in [-0.05, 0) is 66.9 Å². The minimum absolute atomic E-state index is 0.181. The number of halogens is 1. The van der Waals surface area contributed by atoms with Gasteiger partial charge in [0.25, 0.3) is 5.91 Å². The fraction of sp³-hybridized carbons (Fsp3) is 0.174. The molecule has 4 aromatic rings. The highest BCUT2D eigenvalue weighted by Crippen LogP contribution is 2.33. The molecule has 1 amide bonds. The summed E-state index contributed by atoms with van der Waals surface area (Å²) < 4.78 is 19.7. The smallest absolute Gasteiger partial charge is 0.267 e. The van der Waals surface area contributed by atoms with Crippen molar-refractivity contribution in [2.75, 3.05) is 11.5 Å². The molecule has 0 N–H and O–H groups in total. The Morgan fingerprint density at radius 1 is 1.17 bits per heavy atom. The van der Waals surface area contributed by atoms with Crippen molar-refractivity contribution in [2.45, 2.75) is 20.4 Å². The lowest BCUT2D eigenvalue weighted by molar-refractivity contribution is -0.120. The predicted octanol–water partition coefficient (Wildman–Crippen LogP) is 5.06. The van der Waals surface area contributed by atoms with Gasteiger partial charge in [0.1, 0.15) is 11.6 Å². The van der Waals surface area contributed by atoms with E-state index in [1.165, 1.54) is 35.6 Å². The molecule has 0 spiro atoms. The first-order valence-corrected chi connectivity index (χ1v) is 10.3. The summed E-state index contributed by atoms with van der Waals surface area (Å²) in [5, 5.41) is 0.607. The van der Waals surface area contributed by atoms with Crippen molar-refractivity contribution >= 4 is 32.6 Å². The Morgan fingerprint density at radius 3 is 2.70 bits per heavy atom. The van der Waals surface area contributed by atoms with E-state index < -0.39 is 0 Å². The summed E-state index contributed by atoms with van der Waals surface area (Å²) in [5.74, 6) is -0.162. The lowest BCUT2D eigenvalue weighted by Gasteiger charge is -2.20. The molecule has 7 heteroatoms. The summed E-state index contributed by atoms with van der Waals surface area (Å²) in [7, 11) is 0. The molecule has 0 fully saturated rings. The van der Waals surface area contributed by atoms with E-state index in [-0.39, 0.29) is 18.3 Å². The molecule has 0 aliphatic heterocycles. The summed E-state index contributed by atoms with van der Waals surface area (Å²) in [5.41, 5.74) is 4.02. The number of amides is 1. The summed E-state index contributed by atoms with van der Waals surface area (Å²) in [6.07, 6.45) is 3.42. The lowest BCUT2D eigenvalue weighted by atomic mass is 10.1. The predicted molar refractivity (Wildman–Crippen MR) is 116 cm³/mol. The van der Waals surface area contributed by atoms with E-state index in [2.05, 4.69) is 11.1 Å². The third kappa shape index (κ3) is 4.46. The maximum atomic E-state index is 13.1. The van der Waals surface area contributed by atoms with Gasteiger partial charge in [-0.15, -0.1) is 0 Å². The van der Waals surface area contributed by atoms with Crippen LogP contribution in [0.2, 0.25) is 0 Å². The number of hydrogen-bond donors (Lipinski definition) is 0. The second-order valence-electron chi connectivity index (χ2n) is 7.01. The largest absolute Gasteiger partial charge is 0.484 e. The van der Waals surface area contributed by atoms with Crippen LogP contribution < -0.4 is 9.64 Å². The standard InChI is InChI=1S/C23H20FN3O2S/c1-15-10-16(2)22-20(11-15)26-23(30-22)27(13-17-4-3-9-25-12-17)21(28)14-29-19-7-5-18(24)6-8-19/h3-12H,13-14H2,1-2H3. The van der Waals surface area contributed by atoms with Crippen molar-refractivity contribution in [2.24, 2.45) is 0 Å². The highest BCUT2D eigenvalue weighted by Gasteiger charge is 2.21. The molecule has 5 nitrogen and oxygen atoms in total. The first kappa shape index (κ1) is 20.0. The zero-order chi connectivity index (χ0) is 21.1. The molecule has 2 aromatic carbocycles. The Kier molecular flexibility index (Phi) is 5.72. The van der Waals surface area contributed by atoms with Gasteiger partial charge >= 0.3 is 0 Å². The Hall–Kier alpha value is -3.32. The van der Waals surface area contributed by atoms with Crippen LogP contribution in [0.1, 0.15) is 16.7 Å². The van der Waals surface area contributed by atoms with Crippen LogP contribution in [0, 0.1) is 19.7 Å². The first-order chi connectivity index (χ1) is 14.5. The number of rotatable bonds is 6. The third-order valence-corrected chi connectivity index (χ3v) is 5.81. The van der Waals surface area contributed by atoms with Gasteiger partial charge in [-0.3, -0.25) is 14.7 Å². The Morgan fingerprint density at radius 2 is 1.97 bits per heavy atom. The van der Waals surface area contributed by atoms with Gasteiger partial charge in [0.2, 0.25) is 0 Å². The number of ether oxygens (including phenoxy) is 1. The molecule has 0 bridgehead atoms. The van der Waals surface area contributed by atoms with Gasteiger partial charge in [-0.25, -0.2) is 9.37 Å². The molecule has 0 saturated carbocycles. The molecule has 0 unspecified atom stereocenters. The van der Waals surface area contributed by atoms with E-state index in [4.69, 9.17) is 9.72 Å². The average Bonchev–Trinajstić information content (AvgIpc) is 3.16. The Bertz CT molecular complexity index is 1180. The van der Waals surface area contributed by atoms with E-state index in [9.17, 15) is 9.18 Å². The van der Waals surface area contributed by atoms with Crippen LogP contribution in [0.3, 0.4) is 0 Å². The van der Waals surface area contributed by atoms with Crippen LogP contribution in [-0.4, -0.2) is 22.5 Å². The summed E-state index contributed by atoms with van der Waals surface area (Å²) in [6, 6.07) is 13.5. The van der Waals surface area contributed by atoms with Crippen molar-refractivity contribution in [1.82, 2.24) is 9.97 Å². The molecule has 4 rings (SSSR count). The van der Waals surface area contributed by atoms with Gasteiger partial charge in [0, 0.05) is 12.4 Å². The van der Waals surface area contributed by atoms with E-state index in [1.54, 1.807) is 17.3 Å². The minimum Gasteiger partial charge on any atom is -0.484 e. The van der Waals surface area contributed by atoms with E-state index >= 15 is 0 Å². The monoisotopic (exact) mass is 421 g/mol. The molecule has 0 aliphatic carbocycles. The van der Waals surface area contributed by atoms with E-state index in [0.29, 0.717) is 17.4 Å². The van der Waals surface area contributed by atoms with Gasteiger partial charge in [-0.1, -0.05) is 23.5 Å². The molecular weight excluding hydrogens is 401 g/mol. The molecule has 30 heavy (non-hydrogen) atoms. The van der Waals surface area contributed by atoms with Crippen molar-refractivity contribution in [1.29, 1.82) is 0 Å². The Labute approximate surface area is 177 Å². The second kappa shape index (κ2) is 8.59. The van der Waals surface area contributed by atoms with Crippen LogP contribution in [0.4, 0.5) is 9.52 Å². The van der Waals surface area contributed by atoms with Crippen molar-refractivity contribution in [3.05, 3.63) is 83.4 Å². The summed E-state index contributed by atoms with van der Waals surface area (Å²) >= 11 is 1.48. The molecule has 0 saturated heterocycles. The van der Waals surface area contributed by atoms with E-state index in [0.717, 1.165) is 26.9 Å². The zero-order valence-corrected chi connectivity index (χ0v) is 17.4. The van der Waals surface area contributed by atoms with Gasteiger partial charge in [0.05, 0.1) is 16.8 Å². The van der Waals surface area contributed by atoms with Crippen LogP contribution >= 0.6 is 11.3 Å². The topological polar surface area (TPSA) is 55.3 Å². The van der Waals surface area contributed by atoms with E-state index in [1.807, 2.05) is 32.0 Å². The Balaban J connectivity index is 1.63. The highest BCUT2D eigenvalue weighted by atomic mass is 32.1. The number of fused-ring (bicyclic) bond motifs is 1. The number of hydrogen-bond acceptors (Lipinski definition) is 5. The fourth-order valence-electron chi connectivity index (χ4n) is 3.17. The lowest BCUT2D eigenvalue weighted by Crippen LogP contribution is -2.34. The van der Waals surface area contributed by atoms with Gasteiger partial charge in [-0.2, -0.15) is 0 Å². The number of nitrogens with zero attached hydrogens (tertiary/aromatic N) is 3. The normalized spacial score (nSPS) is 10.9. The number of pyridine rings is 1. The quantitative estimate of drug-likeness (QED) is 0.437. The maximum Gasteiger partial charge on any atom is 0.267 e. The number of benzene rings is 2. The first-order valence-electron chi connectivity index (χ1n) is 9.45. The number of anilines is 1. The van der Waals surface area contributed by atoms with Crippen LogP contribution in [0.5, 0.6) is 5.75 Å². The van der Waals surface area contributed by atoms with Crippen molar-refractivity contribution in [3.8, 4) is 5.75 Å².